The van der Waals surface area contributed by atoms with Crippen molar-refractivity contribution in [3.8, 4) is 11.1 Å². The van der Waals surface area contributed by atoms with E-state index in [2.05, 4.69) is 234 Å². The molecule has 0 saturated heterocycles. The fourth-order valence-electron chi connectivity index (χ4n) is 11.8. The SMILES string of the molecule is Cc1ccccc1N(c1cc2oc3c4cccc5c4c(cc3c2c2ccccc12)N(c1cccc2c1oc1c(C(C)(C)C)cccc12)c1ccccc1-5)c1cccc2c1oc1c(C(C)(C)C)cccc12. The Morgan fingerprint density at radius 1 is 0.357 bits per heavy atom. The number of furan rings is 3. The molecule has 1 aliphatic rings. The van der Waals surface area contributed by atoms with Gasteiger partial charge in [-0.25, -0.2) is 0 Å². The molecule has 0 bridgehead atoms. The van der Waals surface area contributed by atoms with Crippen molar-refractivity contribution in [2.75, 3.05) is 9.80 Å². The predicted octanol–water partition coefficient (Wildman–Crippen LogP) is 19.5. The highest BCUT2D eigenvalue weighted by atomic mass is 16.3. The highest BCUT2D eigenvalue weighted by Crippen LogP contribution is 2.56. The molecule has 4 heterocycles. The van der Waals surface area contributed by atoms with Crippen LogP contribution >= 0.6 is 0 Å². The van der Waals surface area contributed by atoms with E-state index >= 15 is 0 Å². The molecule has 1 aliphatic heterocycles. The Morgan fingerprint density at radius 3 is 1.61 bits per heavy atom. The number of nitrogens with zero attached hydrogens (tertiary/aromatic N) is 2. The van der Waals surface area contributed by atoms with Gasteiger partial charge in [-0.15, -0.1) is 0 Å². The van der Waals surface area contributed by atoms with Gasteiger partial charge in [-0.05, 0) is 64.6 Å². The zero-order valence-corrected chi connectivity index (χ0v) is 40.4. The average Bonchev–Trinajstić information content (AvgIpc) is 4.06. The Labute approximate surface area is 405 Å². The monoisotopic (exact) mass is 906 g/mol. The first-order chi connectivity index (χ1) is 33.9. The maximum atomic E-state index is 7.33. The van der Waals surface area contributed by atoms with Crippen LogP contribution in [-0.4, -0.2) is 0 Å². The van der Waals surface area contributed by atoms with E-state index < -0.39 is 0 Å². The molecule has 0 atom stereocenters. The summed E-state index contributed by atoms with van der Waals surface area (Å²) in [6.07, 6.45) is 0. The summed E-state index contributed by atoms with van der Waals surface area (Å²) >= 11 is 0. The van der Waals surface area contributed by atoms with Gasteiger partial charge >= 0.3 is 0 Å². The van der Waals surface area contributed by atoms with E-state index in [1.807, 2.05) is 0 Å². The Kier molecular flexibility index (Phi) is 8.37. The van der Waals surface area contributed by atoms with Crippen LogP contribution in [0.25, 0.3) is 98.5 Å². The molecule has 5 nitrogen and oxygen atoms in total. The second kappa shape index (κ2) is 14.4. The molecule has 0 fully saturated rings. The second-order valence-electron chi connectivity index (χ2n) is 21.3. The van der Waals surface area contributed by atoms with Crippen LogP contribution < -0.4 is 9.80 Å². The van der Waals surface area contributed by atoms with Crippen molar-refractivity contribution in [2.24, 2.45) is 0 Å². The lowest BCUT2D eigenvalue weighted by molar-refractivity contribution is 0.572. The third-order valence-corrected chi connectivity index (χ3v) is 14.9. The Balaban J connectivity index is 1.06. The number of para-hydroxylation sites is 6. The molecular formula is C65H50N2O3. The van der Waals surface area contributed by atoms with Crippen molar-refractivity contribution in [2.45, 2.75) is 59.3 Å². The van der Waals surface area contributed by atoms with Gasteiger partial charge in [-0.3, -0.25) is 0 Å². The van der Waals surface area contributed by atoms with E-state index in [1.54, 1.807) is 0 Å². The standard InChI is InChI=1S/C65H50N2O3/c1-37-19-8-12-31-50(37)66(52-33-17-26-44-42-24-15-29-48(64(2,3)4)60(42)69-62(44)52)54-36-56-58(41-22-10-9-21-39(41)54)47-35-55-57-40(23-14-28-46(57)59(47)68-56)38-20-11-13-32-51(38)67(55)53-34-18-27-45-43-25-16-30-49(65(5,6)7)61(43)70-63(45)53/h8-36H,1-7H3. The van der Waals surface area contributed by atoms with Crippen LogP contribution in [0.2, 0.25) is 0 Å². The fraction of sp³-hybridized carbons (Fsp3) is 0.138. The van der Waals surface area contributed by atoms with Crippen LogP contribution in [0.5, 0.6) is 0 Å². The van der Waals surface area contributed by atoms with Crippen LogP contribution in [0.4, 0.5) is 34.1 Å². The molecule has 0 amide bonds. The van der Waals surface area contributed by atoms with Crippen molar-refractivity contribution in [3.05, 3.63) is 193 Å². The molecule has 0 aliphatic carbocycles. The molecule has 5 heteroatoms. The highest BCUT2D eigenvalue weighted by molar-refractivity contribution is 6.30. The van der Waals surface area contributed by atoms with Gasteiger partial charge in [-0.1, -0.05) is 181 Å². The minimum Gasteiger partial charge on any atom is -0.455 e. The summed E-state index contributed by atoms with van der Waals surface area (Å²) in [7, 11) is 0. The minimum atomic E-state index is -0.104. The number of anilines is 6. The van der Waals surface area contributed by atoms with E-state index in [-0.39, 0.29) is 10.8 Å². The third kappa shape index (κ3) is 5.66. The van der Waals surface area contributed by atoms with E-state index in [9.17, 15) is 0 Å². The fourth-order valence-corrected chi connectivity index (χ4v) is 11.8. The van der Waals surface area contributed by atoms with Crippen molar-refractivity contribution in [3.63, 3.8) is 0 Å². The molecule has 0 saturated carbocycles. The molecule has 338 valence electrons. The summed E-state index contributed by atoms with van der Waals surface area (Å²) in [5.74, 6) is 0. The van der Waals surface area contributed by atoms with E-state index in [0.717, 1.165) is 133 Å². The lowest BCUT2D eigenvalue weighted by Gasteiger charge is -2.33. The average molecular weight is 907 g/mol. The lowest BCUT2D eigenvalue weighted by atomic mass is 9.86. The largest absolute Gasteiger partial charge is 0.455 e. The molecule has 0 N–H and O–H groups in total. The highest BCUT2D eigenvalue weighted by Gasteiger charge is 2.33. The van der Waals surface area contributed by atoms with Gasteiger partial charge in [0.15, 0.2) is 11.2 Å². The van der Waals surface area contributed by atoms with Crippen molar-refractivity contribution in [1.29, 1.82) is 0 Å². The van der Waals surface area contributed by atoms with Crippen LogP contribution in [0.3, 0.4) is 0 Å². The molecule has 0 unspecified atom stereocenters. The first-order valence-corrected chi connectivity index (χ1v) is 24.4. The third-order valence-electron chi connectivity index (χ3n) is 14.9. The summed E-state index contributed by atoms with van der Waals surface area (Å²) in [6.45, 7) is 15.7. The van der Waals surface area contributed by atoms with Crippen LogP contribution in [0, 0.1) is 6.92 Å². The number of benzene rings is 10. The quantitative estimate of drug-likeness (QED) is 0.176. The molecule has 10 aromatic carbocycles. The van der Waals surface area contributed by atoms with E-state index in [1.165, 1.54) is 16.7 Å². The molecule has 70 heavy (non-hydrogen) atoms. The second-order valence-corrected chi connectivity index (χ2v) is 21.3. The zero-order chi connectivity index (χ0) is 47.4. The van der Waals surface area contributed by atoms with Crippen molar-refractivity contribution >= 4 is 121 Å². The maximum absolute atomic E-state index is 7.33. The first-order valence-electron chi connectivity index (χ1n) is 24.4. The molecule has 0 radical (unpaired) electrons. The summed E-state index contributed by atoms with van der Waals surface area (Å²) < 4.78 is 21.5. The number of hydrogen-bond acceptors (Lipinski definition) is 5. The number of aryl methyl sites for hydroxylation is 1. The van der Waals surface area contributed by atoms with Crippen molar-refractivity contribution in [1.82, 2.24) is 0 Å². The van der Waals surface area contributed by atoms with Gasteiger partial charge in [0.25, 0.3) is 0 Å². The summed E-state index contributed by atoms with van der Waals surface area (Å²) in [5, 5.41) is 11.0. The Hall–Kier alpha value is -8.28. The van der Waals surface area contributed by atoms with Gasteiger partial charge in [-0.2, -0.15) is 0 Å². The number of hydrogen-bond donors (Lipinski definition) is 0. The van der Waals surface area contributed by atoms with Gasteiger partial charge in [0.05, 0.1) is 28.4 Å². The predicted molar refractivity (Wildman–Crippen MR) is 294 cm³/mol. The molecule has 0 spiro atoms. The zero-order valence-electron chi connectivity index (χ0n) is 40.4. The molecular weight excluding hydrogens is 857 g/mol. The van der Waals surface area contributed by atoms with Crippen LogP contribution in [0.1, 0.15) is 58.2 Å². The van der Waals surface area contributed by atoms with Crippen molar-refractivity contribution < 1.29 is 13.3 Å². The molecule has 14 rings (SSSR count). The van der Waals surface area contributed by atoms with Crippen LogP contribution in [0.15, 0.2) is 189 Å². The lowest BCUT2D eigenvalue weighted by Crippen LogP contribution is -2.15. The van der Waals surface area contributed by atoms with E-state index in [4.69, 9.17) is 13.3 Å². The van der Waals surface area contributed by atoms with Gasteiger partial charge < -0.3 is 23.1 Å². The van der Waals surface area contributed by atoms with Gasteiger partial charge in [0.1, 0.15) is 22.3 Å². The number of rotatable bonds is 4. The smallest absolute Gasteiger partial charge is 0.159 e. The topological polar surface area (TPSA) is 45.9 Å². The summed E-state index contributed by atoms with van der Waals surface area (Å²) in [5.41, 5.74) is 17.2. The summed E-state index contributed by atoms with van der Waals surface area (Å²) in [6, 6.07) is 63.7. The van der Waals surface area contributed by atoms with Gasteiger partial charge in [0.2, 0.25) is 0 Å². The summed E-state index contributed by atoms with van der Waals surface area (Å²) in [4.78, 5) is 4.82. The normalized spacial score (nSPS) is 13.0. The minimum absolute atomic E-state index is 0.0970. The Morgan fingerprint density at radius 2 is 0.886 bits per heavy atom. The Bertz CT molecular complexity index is 4360. The first kappa shape index (κ1) is 40.8. The van der Waals surface area contributed by atoms with Crippen LogP contribution in [-0.2, 0) is 10.8 Å². The maximum Gasteiger partial charge on any atom is 0.159 e. The molecule has 3 aromatic heterocycles. The number of fused-ring (bicyclic) bond motifs is 14. The van der Waals surface area contributed by atoms with Gasteiger partial charge in [0, 0.05) is 76.9 Å². The van der Waals surface area contributed by atoms with E-state index in [0.29, 0.717) is 0 Å². The molecule has 13 aromatic rings.